The molecule has 0 aliphatic heterocycles. The average molecular weight is 223 g/mol. The standard InChI is InChI=1S/C6H5.C3H5O.Y/c1-2-4-6-5-3-1;1-3(2)4;/h1-5H;1H2,2H3;/q2*-1;. The zero-order chi connectivity index (χ0) is 7.82. The molecule has 57 valence electrons. The fourth-order valence-corrected chi connectivity index (χ4v) is 0.342. The number of carbonyl (C=O) groups is 1. The SMILES string of the molecule is [CH2-]C(C)=O.[Y].[c-]1ccccc1. The minimum Gasteiger partial charge on any atom is -0.340 e. The van der Waals surface area contributed by atoms with Crippen LogP contribution in [0.5, 0.6) is 0 Å². The molecule has 0 saturated heterocycles. The maximum absolute atomic E-state index is 9.33. The minimum absolute atomic E-state index is 0. The number of hydrogen-bond donors (Lipinski definition) is 0. The molecular formula is C9H10OY-2. The van der Waals surface area contributed by atoms with Gasteiger partial charge in [0.05, 0.1) is 0 Å². The largest absolute Gasteiger partial charge is 0.340 e. The number of benzene rings is 1. The van der Waals surface area contributed by atoms with Crippen LogP contribution >= 0.6 is 0 Å². The molecule has 0 fully saturated rings. The summed E-state index contributed by atoms with van der Waals surface area (Å²) in [5.74, 6) is -0.0833. The van der Waals surface area contributed by atoms with Crippen LogP contribution in [0.1, 0.15) is 6.92 Å². The average Bonchev–Trinajstić information content (AvgIpc) is 1.90. The molecule has 0 heterocycles. The van der Waals surface area contributed by atoms with Crippen LogP contribution in [0.25, 0.3) is 0 Å². The van der Waals surface area contributed by atoms with E-state index in [0.29, 0.717) is 0 Å². The fourth-order valence-electron chi connectivity index (χ4n) is 0.342. The Labute approximate surface area is 93.1 Å². The zero-order valence-corrected chi connectivity index (χ0v) is 9.42. The number of rotatable bonds is 0. The van der Waals surface area contributed by atoms with Crippen molar-refractivity contribution in [1.29, 1.82) is 0 Å². The molecule has 11 heavy (non-hydrogen) atoms. The molecule has 0 amide bonds. The van der Waals surface area contributed by atoms with E-state index in [1.54, 1.807) is 0 Å². The van der Waals surface area contributed by atoms with Crippen molar-refractivity contribution in [3.05, 3.63) is 43.3 Å². The first-order valence-corrected chi connectivity index (χ1v) is 2.97. The van der Waals surface area contributed by atoms with Crippen LogP contribution in [0.4, 0.5) is 0 Å². The number of ketones is 1. The fraction of sp³-hybridized carbons (Fsp3) is 0.111. The van der Waals surface area contributed by atoms with Crippen LogP contribution in [-0.2, 0) is 37.5 Å². The van der Waals surface area contributed by atoms with Crippen molar-refractivity contribution in [2.75, 3.05) is 0 Å². The Bertz CT molecular complexity index is 141. The van der Waals surface area contributed by atoms with Gasteiger partial charge in [-0.3, -0.25) is 0 Å². The quantitative estimate of drug-likeness (QED) is 0.614. The first kappa shape index (κ1) is 13.5. The number of carbonyl (C=O) groups excluding carboxylic acids is 1. The molecular weight excluding hydrogens is 213 g/mol. The van der Waals surface area contributed by atoms with Crippen molar-refractivity contribution < 1.29 is 37.5 Å². The summed E-state index contributed by atoms with van der Waals surface area (Å²) >= 11 is 0. The van der Waals surface area contributed by atoms with Crippen LogP contribution in [-0.4, -0.2) is 5.78 Å². The summed E-state index contributed by atoms with van der Waals surface area (Å²) < 4.78 is 0. The van der Waals surface area contributed by atoms with Crippen molar-refractivity contribution in [2.24, 2.45) is 0 Å². The first-order valence-electron chi connectivity index (χ1n) is 2.97. The summed E-state index contributed by atoms with van der Waals surface area (Å²) in [5.41, 5.74) is 0. The molecule has 0 N–H and O–H groups in total. The molecule has 0 aliphatic carbocycles. The van der Waals surface area contributed by atoms with Crippen molar-refractivity contribution >= 4 is 5.78 Å². The molecule has 0 aromatic heterocycles. The Hall–Kier alpha value is -0.136. The predicted molar refractivity (Wildman–Crippen MR) is 41.3 cm³/mol. The Balaban J connectivity index is 0. The van der Waals surface area contributed by atoms with E-state index in [1.807, 2.05) is 30.3 Å². The van der Waals surface area contributed by atoms with Crippen LogP contribution in [0.15, 0.2) is 30.3 Å². The van der Waals surface area contributed by atoms with Gasteiger partial charge in [0.25, 0.3) is 0 Å². The molecule has 1 rings (SSSR count). The van der Waals surface area contributed by atoms with E-state index in [4.69, 9.17) is 0 Å². The van der Waals surface area contributed by atoms with Gasteiger partial charge in [0, 0.05) is 32.7 Å². The van der Waals surface area contributed by atoms with Gasteiger partial charge in [-0.1, -0.05) is 0 Å². The Morgan fingerprint density at radius 3 is 1.73 bits per heavy atom. The van der Waals surface area contributed by atoms with Crippen molar-refractivity contribution in [3.63, 3.8) is 0 Å². The topological polar surface area (TPSA) is 17.1 Å². The van der Waals surface area contributed by atoms with Crippen LogP contribution in [0.2, 0.25) is 0 Å². The minimum atomic E-state index is -0.0833. The maximum Gasteiger partial charge on any atom is 0 e. The second-order valence-electron chi connectivity index (χ2n) is 1.78. The second-order valence-corrected chi connectivity index (χ2v) is 1.78. The van der Waals surface area contributed by atoms with E-state index in [-0.39, 0.29) is 38.5 Å². The van der Waals surface area contributed by atoms with Gasteiger partial charge in [0.15, 0.2) is 0 Å². The molecule has 0 unspecified atom stereocenters. The van der Waals surface area contributed by atoms with Gasteiger partial charge >= 0.3 is 0 Å². The first-order chi connectivity index (χ1) is 4.73. The zero-order valence-electron chi connectivity index (χ0n) is 6.58. The van der Waals surface area contributed by atoms with Crippen LogP contribution in [0, 0.1) is 13.0 Å². The predicted octanol–water partition coefficient (Wildman–Crippen LogP) is 1.89. The molecule has 2 heteroatoms. The maximum atomic E-state index is 9.33. The molecule has 1 radical (unpaired) electrons. The molecule has 0 spiro atoms. The van der Waals surface area contributed by atoms with E-state index in [0.717, 1.165) is 0 Å². The molecule has 0 bridgehead atoms. The Morgan fingerprint density at radius 1 is 1.27 bits per heavy atom. The van der Waals surface area contributed by atoms with Crippen LogP contribution < -0.4 is 0 Å². The monoisotopic (exact) mass is 223 g/mol. The summed E-state index contributed by atoms with van der Waals surface area (Å²) in [7, 11) is 0. The Morgan fingerprint density at radius 2 is 1.64 bits per heavy atom. The molecule has 1 aromatic rings. The molecule has 0 aliphatic rings. The summed E-state index contributed by atoms with van der Waals surface area (Å²) in [4.78, 5) is 9.33. The third-order valence-electron chi connectivity index (χ3n) is 0.607. The van der Waals surface area contributed by atoms with Gasteiger partial charge in [-0.25, -0.2) is 0 Å². The smallest absolute Gasteiger partial charge is 0 e. The summed E-state index contributed by atoms with van der Waals surface area (Å²) in [6, 6.07) is 12.5. The molecule has 1 nitrogen and oxygen atoms in total. The number of Topliss-reactive ketones (excluding diaryl/α,β-unsaturated/α-hetero) is 1. The third-order valence-corrected chi connectivity index (χ3v) is 0.607. The second kappa shape index (κ2) is 9.86. The number of hydrogen-bond acceptors (Lipinski definition) is 1. The molecule has 0 saturated carbocycles. The van der Waals surface area contributed by atoms with E-state index in [9.17, 15) is 4.79 Å². The van der Waals surface area contributed by atoms with Gasteiger partial charge in [-0.15, -0.1) is 0 Å². The summed E-state index contributed by atoms with van der Waals surface area (Å²) in [6.45, 7) is 4.42. The van der Waals surface area contributed by atoms with E-state index < -0.39 is 0 Å². The summed E-state index contributed by atoms with van der Waals surface area (Å²) in [5, 5.41) is 0. The Kier molecular flexibility index (Phi) is 12.1. The third kappa shape index (κ3) is 17.7. The van der Waals surface area contributed by atoms with E-state index in [2.05, 4.69) is 13.0 Å². The summed E-state index contributed by atoms with van der Waals surface area (Å²) in [6.07, 6.45) is 0. The van der Waals surface area contributed by atoms with Gasteiger partial charge < -0.3 is 11.7 Å². The van der Waals surface area contributed by atoms with Gasteiger partial charge in [0.2, 0.25) is 0 Å². The van der Waals surface area contributed by atoms with Gasteiger partial charge in [0.1, 0.15) is 0 Å². The van der Waals surface area contributed by atoms with E-state index >= 15 is 0 Å². The van der Waals surface area contributed by atoms with Crippen LogP contribution in [0.3, 0.4) is 0 Å². The normalized spacial score (nSPS) is 6.64. The van der Waals surface area contributed by atoms with Gasteiger partial charge in [-0.05, 0) is 12.7 Å². The van der Waals surface area contributed by atoms with E-state index in [1.165, 1.54) is 6.92 Å². The van der Waals surface area contributed by atoms with Gasteiger partial charge in [-0.2, -0.15) is 36.4 Å². The van der Waals surface area contributed by atoms with Crippen molar-refractivity contribution in [3.8, 4) is 0 Å². The molecule has 1 aromatic carbocycles. The molecule has 0 atom stereocenters. The van der Waals surface area contributed by atoms with Crippen molar-refractivity contribution in [1.82, 2.24) is 0 Å². The van der Waals surface area contributed by atoms with Crippen molar-refractivity contribution in [2.45, 2.75) is 6.92 Å².